The minimum Gasteiger partial charge on any atom is -0.495 e. The lowest BCUT2D eigenvalue weighted by molar-refractivity contribution is -0.145. The Kier molecular flexibility index (Phi) is 5.42. The number of likely N-dealkylation sites (tertiary alicyclic amines) is 1. The Morgan fingerprint density at radius 2 is 1.94 bits per heavy atom. The van der Waals surface area contributed by atoms with E-state index in [0.29, 0.717) is 48.3 Å². The van der Waals surface area contributed by atoms with Gasteiger partial charge in [0, 0.05) is 32.4 Å². The molecule has 0 aliphatic carbocycles. The van der Waals surface area contributed by atoms with Crippen molar-refractivity contribution in [3.63, 3.8) is 0 Å². The van der Waals surface area contributed by atoms with Crippen molar-refractivity contribution < 1.29 is 28.6 Å². The number of carbonyl (C=O) groups excluding carboxylic acids is 3. The van der Waals surface area contributed by atoms with E-state index in [1.54, 1.807) is 16.6 Å². The van der Waals surface area contributed by atoms with E-state index >= 15 is 0 Å². The molecular weight excluding hydrogens is 406 g/mol. The molecule has 2 aromatic rings. The number of amides is 2. The van der Waals surface area contributed by atoms with Crippen molar-refractivity contribution in [3.8, 4) is 5.75 Å². The van der Waals surface area contributed by atoms with Gasteiger partial charge in [0.15, 0.2) is 11.7 Å². The van der Waals surface area contributed by atoms with Gasteiger partial charge in [-0.05, 0) is 19.8 Å². The van der Waals surface area contributed by atoms with Crippen molar-refractivity contribution in [2.75, 3.05) is 33.9 Å². The first-order valence-electron chi connectivity index (χ1n) is 10.1. The molecule has 2 amide bonds. The van der Waals surface area contributed by atoms with Gasteiger partial charge in [0.25, 0.3) is 5.91 Å². The molecule has 1 atom stereocenters. The zero-order chi connectivity index (χ0) is 22.3. The molecule has 2 saturated heterocycles. The number of ether oxygens (including phenoxy) is 3. The summed E-state index contributed by atoms with van der Waals surface area (Å²) in [5.41, 5.74) is 1.75. The fourth-order valence-electron chi connectivity index (χ4n) is 4.41. The predicted molar refractivity (Wildman–Crippen MR) is 108 cm³/mol. The van der Waals surface area contributed by atoms with Gasteiger partial charge in [-0.2, -0.15) is 5.10 Å². The van der Waals surface area contributed by atoms with Crippen LogP contribution in [0.3, 0.4) is 0 Å². The van der Waals surface area contributed by atoms with Gasteiger partial charge in [-0.3, -0.25) is 14.4 Å². The quantitative estimate of drug-likeness (QED) is 0.655. The second-order valence-electron chi connectivity index (χ2n) is 7.66. The Balaban J connectivity index is 1.52. The lowest BCUT2D eigenvalue weighted by atomic mass is 10.0. The van der Waals surface area contributed by atoms with Crippen LogP contribution < -0.4 is 4.74 Å². The zero-order valence-electron chi connectivity index (χ0n) is 18.0. The maximum atomic E-state index is 13.3. The van der Waals surface area contributed by atoms with Crippen molar-refractivity contribution in [2.24, 2.45) is 7.05 Å². The molecule has 2 aliphatic heterocycles. The number of rotatable bonds is 4. The molecule has 11 heteroatoms. The molecule has 0 N–H and O–H groups in total. The van der Waals surface area contributed by atoms with Crippen LogP contribution in [-0.2, 0) is 21.3 Å². The number of carbonyl (C=O) groups is 3. The average molecular weight is 431 g/mol. The van der Waals surface area contributed by atoms with Crippen molar-refractivity contribution in [2.45, 2.75) is 31.8 Å². The Morgan fingerprint density at radius 3 is 2.58 bits per heavy atom. The van der Waals surface area contributed by atoms with Gasteiger partial charge in [-0.15, -0.1) is 0 Å². The highest BCUT2D eigenvalue weighted by atomic mass is 16.6. The highest BCUT2D eigenvalue weighted by molar-refractivity contribution is 6.02. The first kappa shape index (κ1) is 20.9. The maximum absolute atomic E-state index is 13.3. The van der Waals surface area contributed by atoms with Crippen LogP contribution in [0.15, 0.2) is 6.20 Å². The predicted octanol–water partition coefficient (Wildman–Crippen LogP) is 0.884. The average Bonchev–Trinajstić information content (AvgIpc) is 3.31. The first-order valence-corrected chi connectivity index (χ1v) is 10.1. The van der Waals surface area contributed by atoms with Crippen molar-refractivity contribution in [1.29, 1.82) is 0 Å². The minimum absolute atomic E-state index is 0.0159. The van der Waals surface area contributed by atoms with Crippen LogP contribution in [0.5, 0.6) is 5.75 Å². The molecule has 166 valence electrons. The molecular formula is C20H25N5O6. The number of fused-ring (bicyclic) bond motifs is 1. The molecule has 0 saturated carbocycles. The summed E-state index contributed by atoms with van der Waals surface area (Å²) in [5, 5.41) is 5.08. The van der Waals surface area contributed by atoms with E-state index in [1.807, 2.05) is 6.92 Å². The minimum atomic E-state index is -0.745. The summed E-state index contributed by atoms with van der Waals surface area (Å²) >= 11 is 0. The fourth-order valence-corrected chi connectivity index (χ4v) is 4.41. The summed E-state index contributed by atoms with van der Waals surface area (Å²) in [5.74, 6) is -0.238. The number of cyclic esters (lactones) is 1. The largest absolute Gasteiger partial charge is 0.495 e. The molecule has 0 spiro atoms. The van der Waals surface area contributed by atoms with Crippen LogP contribution in [0.4, 0.5) is 4.79 Å². The normalized spacial score (nSPS) is 19.6. The van der Waals surface area contributed by atoms with Crippen molar-refractivity contribution in [1.82, 2.24) is 24.6 Å². The SMILES string of the molecule is COC(=O)[C@H]1COC(=O)N1C1CCN(C(=O)c2cnc3c(c(C)nn3C)c2OC)CC1. The molecule has 2 aliphatic rings. The third kappa shape index (κ3) is 3.43. The summed E-state index contributed by atoms with van der Waals surface area (Å²) in [6.07, 6.45) is 2.04. The van der Waals surface area contributed by atoms with E-state index in [9.17, 15) is 14.4 Å². The third-order valence-corrected chi connectivity index (χ3v) is 5.94. The van der Waals surface area contributed by atoms with Crippen LogP contribution in [-0.4, -0.2) is 88.5 Å². The van der Waals surface area contributed by atoms with Crippen LogP contribution in [0.25, 0.3) is 11.0 Å². The molecule has 2 aromatic heterocycles. The molecule has 0 radical (unpaired) electrons. The topological polar surface area (TPSA) is 116 Å². The third-order valence-electron chi connectivity index (χ3n) is 5.94. The molecule has 0 aromatic carbocycles. The summed E-state index contributed by atoms with van der Waals surface area (Å²) in [7, 11) is 4.60. The molecule has 11 nitrogen and oxygen atoms in total. The van der Waals surface area contributed by atoms with Gasteiger partial charge in [-0.25, -0.2) is 14.6 Å². The number of aryl methyl sites for hydroxylation is 2. The Morgan fingerprint density at radius 1 is 1.23 bits per heavy atom. The molecule has 4 rings (SSSR count). The number of piperidine rings is 1. The van der Waals surface area contributed by atoms with Gasteiger partial charge in [0.2, 0.25) is 0 Å². The molecule has 2 fully saturated rings. The van der Waals surface area contributed by atoms with Gasteiger partial charge in [-0.1, -0.05) is 0 Å². The van der Waals surface area contributed by atoms with Gasteiger partial charge >= 0.3 is 12.1 Å². The molecule has 31 heavy (non-hydrogen) atoms. The molecule has 0 bridgehead atoms. The summed E-state index contributed by atoms with van der Waals surface area (Å²) in [6.45, 7) is 2.68. The monoisotopic (exact) mass is 431 g/mol. The molecule has 4 heterocycles. The summed E-state index contributed by atoms with van der Waals surface area (Å²) < 4.78 is 17.1. The highest BCUT2D eigenvalue weighted by Crippen LogP contribution is 2.32. The van der Waals surface area contributed by atoms with Crippen LogP contribution in [0, 0.1) is 6.92 Å². The van der Waals surface area contributed by atoms with Gasteiger partial charge in [0.1, 0.15) is 17.9 Å². The smallest absolute Gasteiger partial charge is 0.410 e. The van der Waals surface area contributed by atoms with E-state index in [2.05, 4.69) is 10.1 Å². The lowest BCUT2D eigenvalue weighted by Gasteiger charge is -2.37. The maximum Gasteiger partial charge on any atom is 0.410 e. The number of aromatic nitrogens is 3. The summed E-state index contributed by atoms with van der Waals surface area (Å²) in [4.78, 5) is 45.0. The van der Waals surface area contributed by atoms with Crippen LogP contribution in [0.1, 0.15) is 28.9 Å². The Hall–Kier alpha value is -3.37. The lowest BCUT2D eigenvalue weighted by Crippen LogP contribution is -2.52. The first-order chi connectivity index (χ1) is 14.9. The fraction of sp³-hybridized carbons (Fsp3) is 0.550. The Labute approximate surface area is 178 Å². The van der Waals surface area contributed by atoms with E-state index < -0.39 is 18.1 Å². The number of hydrogen-bond acceptors (Lipinski definition) is 8. The number of hydrogen-bond donors (Lipinski definition) is 0. The molecule has 0 unspecified atom stereocenters. The van der Waals surface area contributed by atoms with Gasteiger partial charge < -0.3 is 19.1 Å². The van der Waals surface area contributed by atoms with Crippen LogP contribution in [0.2, 0.25) is 0 Å². The van der Waals surface area contributed by atoms with E-state index in [1.165, 1.54) is 25.3 Å². The number of methoxy groups -OCH3 is 2. The van der Waals surface area contributed by atoms with Gasteiger partial charge in [0.05, 0.1) is 25.3 Å². The van der Waals surface area contributed by atoms with Crippen LogP contribution >= 0.6 is 0 Å². The van der Waals surface area contributed by atoms with Crippen molar-refractivity contribution >= 4 is 29.0 Å². The second-order valence-corrected chi connectivity index (χ2v) is 7.66. The van der Waals surface area contributed by atoms with E-state index in [4.69, 9.17) is 14.2 Å². The number of pyridine rings is 1. The summed E-state index contributed by atoms with van der Waals surface area (Å²) in [6, 6.07) is -0.948. The second kappa shape index (κ2) is 8.05. The number of esters is 1. The zero-order valence-corrected chi connectivity index (χ0v) is 18.0. The Bertz CT molecular complexity index is 1040. The van der Waals surface area contributed by atoms with E-state index in [-0.39, 0.29) is 18.6 Å². The van der Waals surface area contributed by atoms with Crippen molar-refractivity contribution in [3.05, 3.63) is 17.5 Å². The highest BCUT2D eigenvalue weighted by Gasteiger charge is 2.44. The standard InChI is InChI=1S/C20H25N5O6/c1-11-15-16(29-3)13(9-21-17(15)23(2)22-11)18(26)24-7-5-12(6-8-24)25-14(19(27)30-4)10-31-20(25)28/h9,12,14H,5-8,10H2,1-4H3/t14-/m1/s1. The number of nitrogens with zero attached hydrogens (tertiary/aromatic N) is 5. The van der Waals surface area contributed by atoms with E-state index in [0.717, 1.165) is 5.69 Å².